The van der Waals surface area contributed by atoms with Crippen molar-refractivity contribution in [2.45, 2.75) is 17.2 Å². The number of sulfonamides is 1. The Morgan fingerprint density at radius 2 is 1.86 bits per heavy atom. The van der Waals surface area contributed by atoms with E-state index in [9.17, 15) is 8.42 Å². The van der Waals surface area contributed by atoms with E-state index in [0.29, 0.717) is 22.9 Å². The molecule has 0 saturated heterocycles. The molecule has 0 fully saturated rings. The summed E-state index contributed by atoms with van der Waals surface area (Å²) in [5.41, 5.74) is 0. The third-order valence-electron chi connectivity index (χ3n) is 3.19. The van der Waals surface area contributed by atoms with Crippen LogP contribution in [0.1, 0.15) is 10.6 Å². The summed E-state index contributed by atoms with van der Waals surface area (Å²) in [5, 5.41) is 3.77. The Labute approximate surface area is 137 Å². The predicted octanol–water partition coefficient (Wildman–Crippen LogP) is 3.84. The molecule has 3 heterocycles. The van der Waals surface area contributed by atoms with Gasteiger partial charge in [-0.25, -0.2) is 8.42 Å². The summed E-state index contributed by atoms with van der Waals surface area (Å²) in [6.45, 7) is 0.681. The minimum atomic E-state index is -3.49. The number of nitrogens with zero attached hydrogens (tertiary/aromatic N) is 1. The van der Waals surface area contributed by atoms with Gasteiger partial charge in [0.1, 0.15) is 9.97 Å². The van der Waals surface area contributed by atoms with Gasteiger partial charge in [-0.05, 0) is 41.4 Å². The van der Waals surface area contributed by atoms with Crippen LogP contribution in [-0.2, 0) is 23.0 Å². The Kier molecular flexibility index (Phi) is 4.77. The SMILES string of the molecule is O=S(=O)(c1cccs1)N(CCc1cccs1)Cc1ccco1. The molecule has 4 nitrogen and oxygen atoms in total. The van der Waals surface area contributed by atoms with E-state index < -0.39 is 10.0 Å². The quantitative estimate of drug-likeness (QED) is 0.648. The van der Waals surface area contributed by atoms with Crippen LogP contribution >= 0.6 is 22.7 Å². The van der Waals surface area contributed by atoms with Crippen LogP contribution in [0.2, 0.25) is 0 Å². The molecule has 3 rings (SSSR count). The second kappa shape index (κ2) is 6.78. The molecule has 0 aliphatic rings. The van der Waals surface area contributed by atoms with Crippen LogP contribution in [-0.4, -0.2) is 19.3 Å². The van der Waals surface area contributed by atoms with E-state index in [4.69, 9.17) is 4.42 Å². The molecule has 0 amide bonds. The summed E-state index contributed by atoms with van der Waals surface area (Å²) < 4.78 is 32.7. The van der Waals surface area contributed by atoms with Crippen LogP contribution in [0, 0.1) is 0 Å². The maximum absolute atomic E-state index is 12.8. The molecule has 3 aromatic rings. The van der Waals surface area contributed by atoms with E-state index in [2.05, 4.69) is 0 Å². The standard InChI is InChI=1S/C15H15NO3S3/c17-22(18,15-6-3-11-21-15)16(12-13-4-1-9-19-13)8-7-14-5-2-10-20-14/h1-6,9-11H,7-8,12H2. The molecule has 0 bridgehead atoms. The minimum absolute atomic E-state index is 0.249. The molecule has 0 saturated carbocycles. The fourth-order valence-electron chi connectivity index (χ4n) is 2.09. The largest absolute Gasteiger partial charge is 0.468 e. The highest BCUT2D eigenvalue weighted by molar-refractivity contribution is 7.91. The topological polar surface area (TPSA) is 50.5 Å². The molecule has 3 aromatic heterocycles. The van der Waals surface area contributed by atoms with Gasteiger partial charge in [0.05, 0.1) is 12.8 Å². The third-order valence-corrected chi connectivity index (χ3v) is 7.34. The van der Waals surface area contributed by atoms with Crippen molar-refractivity contribution in [2.75, 3.05) is 6.54 Å². The highest BCUT2D eigenvalue weighted by Gasteiger charge is 2.26. The van der Waals surface area contributed by atoms with Gasteiger partial charge >= 0.3 is 0 Å². The van der Waals surface area contributed by atoms with Gasteiger partial charge in [0, 0.05) is 11.4 Å². The summed E-state index contributed by atoms with van der Waals surface area (Å²) in [6.07, 6.45) is 2.26. The minimum Gasteiger partial charge on any atom is -0.468 e. The molecule has 0 spiro atoms. The molecule has 22 heavy (non-hydrogen) atoms. The van der Waals surface area contributed by atoms with Crippen LogP contribution in [0.4, 0.5) is 0 Å². The fourth-order valence-corrected chi connectivity index (χ4v) is 5.34. The van der Waals surface area contributed by atoms with Crippen molar-refractivity contribution in [3.05, 3.63) is 64.1 Å². The van der Waals surface area contributed by atoms with Crippen molar-refractivity contribution < 1.29 is 12.8 Å². The number of thiophene rings is 2. The van der Waals surface area contributed by atoms with E-state index in [1.54, 1.807) is 47.2 Å². The predicted molar refractivity (Wildman–Crippen MR) is 88.6 cm³/mol. The Hall–Kier alpha value is -1.41. The highest BCUT2D eigenvalue weighted by atomic mass is 32.2. The monoisotopic (exact) mass is 353 g/mol. The lowest BCUT2D eigenvalue weighted by molar-refractivity contribution is 0.367. The Morgan fingerprint density at radius 3 is 2.50 bits per heavy atom. The summed E-state index contributed by atoms with van der Waals surface area (Å²) in [5.74, 6) is 0.645. The van der Waals surface area contributed by atoms with Crippen LogP contribution in [0.15, 0.2) is 62.0 Å². The first-order valence-corrected chi connectivity index (χ1v) is 9.94. The molecule has 0 atom stereocenters. The maximum atomic E-state index is 12.8. The summed E-state index contributed by atoms with van der Waals surface area (Å²) >= 11 is 2.88. The lowest BCUT2D eigenvalue weighted by atomic mass is 10.3. The molecule has 7 heteroatoms. The highest BCUT2D eigenvalue weighted by Crippen LogP contribution is 2.23. The smallest absolute Gasteiger partial charge is 0.252 e. The zero-order valence-corrected chi connectivity index (χ0v) is 14.2. The number of hydrogen-bond acceptors (Lipinski definition) is 5. The van der Waals surface area contributed by atoms with Gasteiger partial charge in [0.15, 0.2) is 0 Å². The first-order chi connectivity index (χ1) is 10.7. The van der Waals surface area contributed by atoms with Gasteiger partial charge in [0.2, 0.25) is 0 Å². The first kappa shape index (κ1) is 15.5. The van der Waals surface area contributed by atoms with Gasteiger partial charge in [-0.1, -0.05) is 12.1 Å². The summed E-state index contributed by atoms with van der Waals surface area (Å²) in [7, 11) is -3.49. The Bertz CT molecular complexity index is 775. The molecule has 116 valence electrons. The summed E-state index contributed by atoms with van der Waals surface area (Å²) in [6, 6.07) is 11.0. The number of furan rings is 1. The zero-order valence-electron chi connectivity index (χ0n) is 11.7. The Balaban J connectivity index is 1.82. The molecule has 0 unspecified atom stereocenters. The fraction of sp³-hybridized carbons (Fsp3) is 0.200. The van der Waals surface area contributed by atoms with Gasteiger partial charge in [0.25, 0.3) is 10.0 Å². The van der Waals surface area contributed by atoms with Gasteiger partial charge in [-0.2, -0.15) is 4.31 Å². The second-order valence-corrected chi connectivity index (χ2v) is 8.82. The van der Waals surface area contributed by atoms with Crippen molar-refractivity contribution in [3.8, 4) is 0 Å². The average Bonchev–Trinajstić information content (AvgIpc) is 3.26. The molecule has 0 aliphatic heterocycles. The zero-order chi connectivity index (χ0) is 15.4. The van der Waals surface area contributed by atoms with Gasteiger partial charge in [-0.15, -0.1) is 22.7 Å². The van der Waals surface area contributed by atoms with E-state index in [1.807, 2.05) is 17.5 Å². The molecule has 0 aliphatic carbocycles. The van der Waals surface area contributed by atoms with Crippen molar-refractivity contribution in [3.63, 3.8) is 0 Å². The van der Waals surface area contributed by atoms with Gasteiger partial charge in [-0.3, -0.25) is 0 Å². The lowest BCUT2D eigenvalue weighted by Gasteiger charge is -2.20. The van der Waals surface area contributed by atoms with E-state index in [0.717, 1.165) is 0 Å². The maximum Gasteiger partial charge on any atom is 0.252 e. The van der Waals surface area contributed by atoms with Crippen LogP contribution in [0.3, 0.4) is 0 Å². The number of rotatable bonds is 7. The van der Waals surface area contributed by atoms with Crippen LogP contribution in [0.5, 0.6) is 0 Å². The molecule has 0 radical (unpaired) electrons. The first-order valence-electron chi connectivity index (χ1n) is 6.75. The Morgan fingerprint density at radius 1 is 1.05 bits per heavy atom. The van der Waals surface area contributed by atoms with E-state index >= 15 is 0 Å². The average molecular weight is 353 g/mol. The van der Waals surface area contributed by atoms with Crippen molar-refractivity contribution in [1.82, 2.24) is 4.31 Å². The van der Waals surface area contributed by atoms with E-state index in [1.165, 1.54) is 20.5 Å². The normalized spacial score (nSPS) is 12.0. The second-order valence-electron chi connectivity index (χ2n) is 4.68. The summed E-state index contributed by atoms with van der Waals surface area (Å²) in [4.78, 5) is 1.17. The van der Waals surface area contributed by atoms with E-state index in [-0.39, 0.29) is 6.54 Å². The molecular weight excluding hydrogens is 338 g/mol. The van der Waals surface area contributed by atoms with Crippen molar-refractivity contribution in [2.24, 2.45) is 0 Å². The van der Waals surface area contributed by atoms with Crippen molar-refractivity contribution >= 4 is 32.7 Å². The van der Waals surface area contributed by atoms with Gasteiger partial charge < -0.3 is 4.42 Å². The van der Waals surface area contributed by atoms with Crippen LogP contribution < -0.4 is 0 Å². The number of hydrogen-bond donors (Lipinski definition) is 0. The molecule has 0 N–H and O–H groups in total. The molecular formula is C15H15NO3S3. The lowest BCUT2D eigenvalue weighted by Crippen LogP contribution is -2.31. The third kappa shape index (κ3) is 3.49. The van der Waals surface area contributed by atoms with Crippen molar-refractivity contribution in [1.29, 1.82) is 0 Å². The molecule has 0 aromatic carbocycles. The van der Waals surface area contributed by atoms with Crippen LogP contribution in [0.25, 0.3) is 0 Å².